The van der Waals surface area contributed by atoms with Gasteiger partial charge in [-0.3, -0.25) is 11.3 Å². The van der Waals surface area contributed by atoms with E-state index in [-0.39, 0.29) is 12.4 Å². The van der Waals surface area contributed by atoms with Crippen molar-refractivity contribution in [1.29, 1.82) is 0 Å². The molecular formula is C6H17ClN2. The molecule has 0 aliphatic heterocycles. The van der Waals surface area contributed by atoms with Crippen LogP contribution in [0.2, 0.25) is 0 Å². The van der Waals surface area contributed by atoms with Gasteiger partial charge in [0.15, 0.2) is 0 Å². The van der Waals surface area contributed by atoms with Crippen LogP contribution in [-0.2, 0) is 0 Å². The number of halogens is 1. The van der Waals surface area contributed by atoms with Crippen molar-refractivity contribution in [3.63, 3.8) is 0 Å². The van der Waals surface area contributed by atoms with Gasteiger partial charge in [0.25, 0.3) is 0 Å². The van der Waals surface area contributed by atoms with E-state index < -0.39 is 0 Å². The Morgan fingerprint density at radius 3 is 1.89 bits per heavy atom. The van der Waals surface area contributed by atoms with Gasteiger partial charge in [0.1, 0.15) is 0 Å². The molecule has 0 saturated heterocycles. The largest absolute Gasteiger partial charge is 0.271 e. The summed E-state index contributed by atoms with van der Waals surface area (Å²) in [6, 6.07) is 0. The molecule has 0 spiro atoms. The average Bonchev–Trinajstić information content (AvgIpc) is 1.59. The predicted octanol–water partition coefficient (Wildman–Crippen LogP) is 1.31. The molecule has 0 aliphatic rings. The van der Waals surface area contributed by atoms with Gasteiger partial charge in [-0.15, -0.1) is 12.4 Å². The first-order valence-electron chi connectivity index (χ1n) is 3.00. The van der Waals surface area contributed by atoms with Crippen molar-refractivity contribution in [2.45, 2.75) is 27.2 Å². The molecule has 0 rings (SSSR count). The van der Waals surface area contributed by atoms with Crippen LogP contribution in [0.4, 0.5) is 0 Å². The Morgan fingerprint density at radius 1 is 1.33 bits per heavy atom. The molecule has 3 N–H and O–H groups in total. The number of hydrogen-bond acceptors (Lipinski definition) is 2. The van der Waals surface area contributed by atoms with E-state index >= 15 is 0 Å². The van der Waals surface area contributed by atoms with Crippen molar-refractivity contribution in [1.82, 2.24) is 5.43 Å². The van der Waals surface area contributed by atoms with Gasteiger partial charge in [0, 0.05) is 6.54 Å². The van der Waals surface area contributed by atoms with Crippen LogP contribution >= 0.6 is 12.4 Å². The second-order valence-corrected chi connectivity index (χ2v) is 3.26. The Kier molecular flexibility index (Phi) is 6.68. The number of hydrogen-bond donors (Lipinski definition) is 2. The van der Waals surface area contributed by atoms with Gasteiger partial charge in [-0.1, -0.05) is 20.8 Å². The third-order valence-corrected chi connectivity index (χ3v) is 1.02. The van der Waals surface area contributed by atoms with Crippen molar-refractivity contribution in [3.05, 3.63) is 0 Å². The zero-order valence-corrected chi connectivity index (χ0v) is 7.22. The molecule has 0 amide bonds. The first-order valence-corrected chi connectivity index (χ1v) is 3.00. The molecule has 0 aromatic heterocycles. The zero-order valence-electron chi connectivity index (χ0n) is 6.40. The van der Waals surface area contributed by atoms with E-state index in [0.29, 0.717) is 5.41 Å². The molecule has 0 bridgehead atoms. The van der Waals surface area contributed by atoms with Gasteiger partial charge in [0.2, 0.25) is 0 Å². The molecule has 58 valence electrons. The standard InChI is InChI=1S/C6H16N2.ClH/c1-6(2,3)4-5-8-7;/h8H,4-5,7H2,1-3H3;1H. The molecular weight excluding hydrogens is 136 g/mol. The van der Waals surface area contributed by atoms with Crippen LogP contribution in [0.15, 0.2) is 0 Å². The van der Waals surface area contributed by atoms with Crippen molar-refractivity contribution >= 4 is 12.4 Å². The van der Waals surface area contributed by atoms with E-state index in [2.05, 4.69) is 26.2 Å². The second kappa shape index (κ2) is 5.03. The van der Waals surface area contributed by atoms with E-state index in [9.17, 15) is 0 Å². The number of nitrogens with one attached hydrogen (secondary N) is 1. The molecule has 0 aliphatic carbocycles. The van der Waals surface area contributed by atoms with E-state index in [1.165, 1.54) is 0 Å². The topological polar surface area (TPSA) is 38.0 Å². The maximum Gasteiger partial charge on any atom is 0.0102 e. The van der Waals surface area contributed by atoms with Crippen molar-refractivity contribution < 1.29 is 0 Å². The Balaban J connectivity index is 0. The highest BCUT2D eigenvalue weighted by Gasteiger charge is 2.07. The zero-order chi connectivity index (χ0) is 6.62. The molecule has 0 unspecified atom stereocenters. The highest BCUT2D eigenvalue weighted by molar-refractivity contribution is 5.85. The summed E-state index contributed by atoms with van der Waals surface area (Å²) in [6.45, 7) is 7.50. The summed E-state index contributed by atoms with van der Waals surface area (Å²) in [4.78, 5) is 0. The van der Waals surface area contributed by atoms with Gasteiger partial charge in [-0.2, -0.15) is 0 Å². The molecule has 0 radical (unpaired) electrons. The van der Waals surface area contributed by atoms with Crippen LogP contribution in [0.1, 0.15) is 27.2 Å². The van der Waals surface area contributed by atoms with E-state index in [0.717, 1.165) is 13.0 Å². The van der Waals surface area contributed by atoms with Gasteiger partial charge >= 0.3 is 0 Å². The molecule has 0 fully saturated rings. The molecule has 0 aromatic rings. The van der Waals surface area contributed by atoms with Gasteiger partial charge in [-0.05, 0) is 11.8 Å². The summed E-state index contributed by atoms with van der Waals surface area (Å²) in [6.07, 6.45) is 1.13. The highest BCUT2D eigenvalue weighted by atomic mass is 35.5. The average molecular weight is 153 g/mol. The molecule has 0 atom stereocenters. The summed E-state index contributed by atoms with van der Waals surface area (Å²) in [7, 11) is 0. The lowest BCUT2D eigenvalue weighted by Gasteiger charge is -2.16. The van der Waals surface area contributed by atoms with Gasteiger partial charge in [-0.25, -0.2) is 0 Å². The van der Waals surface area contributed by atoms with Crippen molar-refractivity contribution in [2.24, 2.45) is 11.3 Å². The maximum atomic E-state index is 5.09. The number of nitrogens with two attached hydrogens (primary N) is 1. The molecule has 2 nitrogen and oxygen atoms in total. The lowest BCUT2D eigenvalue weighted by molar-refractivity contribution is 0.369. The fourth-order valence-electron chi connectivity index (χ4n) is 0.447. The minimum Gasteiger partial charge on any atom is -0.271 e. The van der Waals surface area contributed by atoms with Gasteiger partial charge < -0.3 is 0 Å². The Labute approximate surface area is 63.6 Å². The van der Waals surface area contributed by atoms with Crippen LogP contribution in [-0.4, -0.2) is 6.54 Å². The summed E-state index contributed by atoms with van der Waals surface area (Å²) in [5.74, 6) is 5.09. The fraction of sp³-hybridized carbons (Fsp3) is 1.00. The fourth-order valence-corrected chi connectivity index (χ4v) is 0.447. The summed E-state index contributed by atoms with van der Waals surface area (Å²) >= 11 is 0. The normalized spacial score (nSPS) is 10.7. The molecule has 0 saturated carbocycles. The lowest BCUT2D eigenvalue weighted by atomic mass is 9.93. The van der Waals surface area contributed by atoms with E-state index in [4.69, 9.17) is 5.84 Å². The van der Waals surface area contributed by atoms with Crippen molar-refractivity contribution in [2.75, 3.05) is 6.54 Å². The third kappa shape index (κ3) is 11.7. The van der Waals surface area contributed by atoms with Crippen molar-refractivity contribution in [3.8, 4) is 0 Å². The molecule has 0 aromatic carbocycles. The number of hydrazine groups is 1. The number of rotatable bonds is 2. The Bertz CT molecular complexity index is 58.6. The SMILES string of the molecule is CC(C)(C)CCNN.Cl. The molecule has 3 heteroatoms. The lowest BCUT2D eigenvalue weighted by Crippen LogP contribution is -2.26. The predicted molar refractivity (Wildman–Crippen MR) is 43.5 cm³/mol. The second-order valence-electron chi connectivity index (χ2n) is 3.26. The van der Waals surface area contributed by atoms with Crippen LogP contribution in [0, 0.1) is 5.41 Å². The molecule has 0 heterocycles. The van der Waals surface area contributed by atoms with Crippen LogP contribution in [0.3, 0.4) is 0 Å². The third-order valence-electron chi connectivity index (χ3n) is 1.02. The van der Waals surface area contributed by atoms with Gasteiger partial charge in [0.05, 0.1) is 0 Å². The van der Waals surface area contributed by atoms with E-state index in [1.807, 2.05) is 0 Å². The Hall–Kier alpha value is 0.210. The van der Waals surface area contributed by atoms with E-state index in [1.54, 1.807) is 0 Å². The summed E-state index contributed by atoms with van der Waals surface area (Å²) in [5, 5.41) is 0. The quantitative estimate of drug-likeness (QED) is 0.463. The maximum absolute atomic E-state index is 5.09. The minimum atomic E-state index is 0. The smallest absolute Gasteiger partial charge is 0.0102 e. The molecule has 9 heavy (non-hydrogen) atoms. The first kappa shape index (κ1) is 11.9. The highest BCUT2D eigenvalue weighted by Crippen LogP contribution is 2.16. The Morgan fingerprint density at radius 2 is 1.78 bits per heavy atom. The summed E-state index contributed by atoms with van der Waals surface area (Å²) < 4.78 is 0. The summed E-state index contributed by atoms with van der Waals surface area (Å²) in [5.41, 5.74) is 3.03. The first-order chi connectivity index (χ1) is 3.56. The van der Waals surface area contributed by atoms with Crippen LogP contribution in [0.25, 0.3) is 0 Å². The minimum absolute atomic E-state index is 0. The monoisotopic (exact) mass is 152 g/mol. The van der Waals surface area contributed by atoms with Crippen LogP contribution in [0.5, 0.6) is 0 Å². The van der Waals surface area contributed by atoms with Crippen LogP contribution < -0.4 is 11.3 Å².